The molecule has 0 saturated heterocycles. The monoisotopic (exact) mass is 422 g/mol. The highest BCUT2D eigenvalue weighted by atomic mass is 16.5. The van der Waals surface area contributed by atoms with Gasteiger partial charge in [0.05, 0.1) is 6.54 Å². The van der Waals surface area contributed by atoms with E-state index in [4.69, 9.17) is 9.15 Å². The predicted octanol–water partition coefficient (Wildman–Crippen LogP) is 2.81. The summed E-state index contributed by atoms with van der Waals surface area (Å²) in [6.07, 6.45) is 0.514. The summed E-state index contributed by atoms with van der Waals surface area (Å²) < 4.78 is 11.2. The summed E-state index contributed by atoms with van der Waals surface area (Å²) in [6.45, 7) is 5.92. The highest BCUT2D eigenvalue weighted by Gasteiger charge is 2.18. The summed E-state index contributed by atoms with van der Waals surface area (Å²) in [4.78, 5) is 4.41. The normalized spacial score (nSPS) is 15.1. The Hall–Kier alpha value is -2.74. The molecule has 0 aliphatic carbocycles. The molecule has 4 rings (SSSR count). The number of aliphatic hydroxyl groups excluding tert-OH is 1. The Kier molecular flexibility index (Phi) is 6.96. The number of ether oxygens (including phenoxy) is 1. The molecule has 3 aromatic rings. The Morgan fingerprint density at radius 2 is 1.87 bits per heavy atom. The molecule has 1 aliphatic heterocycles. The molecule has 7 heteroatoms. The number of aromatic nitrogens is 2. The third-order valence-corrected chi connectivity index (χ3v) is 5.47. The van der Waals surface area contributed by atoms with Gasteiger partial charge in [0.25, 0.3) is 0 Å². The fourth-order valence-corrected chi connectivity index (χ4v) is 3.94. The third kappa shape index (κ3) is 6.13. The van der Waals surface area contributed by atoms with E-state index in [9.17, 15) is 5.11 Å². The molecular weight excluding hydrogens is 392 g/mol. The van der Waals surface area contributed by atoms with Gasteiger partial charge in [0.1, 0.15) is 18.5 Å². The number of rotatable bonds is 9. The lowest BCUT2D eigenvalue weighted by molar-refractivity contribution is 0.0638. The van der Waals surface area contributed by atoms with Crippen LogP contribution in [0.1, 0.15) is 28.5 Å². The number of nitrogens with zero attached hydrogens (tertiary/aromatic N) is 4. The lowest BCUT2D eigenvalue weighted by atomic mass is 10.00. The van der Waals surface area contributed by atoms with Gasteiger partial charge in [0, 0.05) is 33.1 Å². The van der Waals surface area contributed by atoms with Gasteiger partial charge < -0.3 is 14.3 Å². The van der Waals surface area contributed by atoms with Crippen LogP contribution >= 0.6 is 0 Å². The molecule has 1 N–H and O–H groups in total. The number of aryl methyl sites for hydroxylation is 1. The summed E-state index contributed by atoms with van der Waals surface area (Å²) in [6, 6.07) is 16.5. The predicted molar refractivity (Wildman–Crippen MR) is 118 cm³/mol. The van der Waals surface area contributed by atoms with Crippen molar-refractivity contribution in [3.63, 3.8) is 0 Å². The van der Waals surface area contributed by atoms with Crippen molar-refractivity contribution in [3.8, 4) is 5.75 Å². The van der Waals surface area contributed by atoms with E-state index in [1.54, 1.807) is 6.92 Å². The average molecular weight is 423 g/mol. The van der Waals surface area contributed by atoms with E-state index < -0.39 is 6.10 Å². The van der Waals surface area contributed by atoms with Crippen LogP contribution in [0.25, 0.3) is 0 Å². The van der Waals surface area contributed by atoms with Gasteiger partial charge in [-0.15, -0.1) is 10.2 Å². The highest BCUT2D eigenvalue weighted by molar-refractivity contribution is 5.29. The van der Waals surface area contributed by atoms with Crippen molar-refractivity contribution in [2.24, 2.45) is 0 Å². The standard InChI is InChI=1S/C24H30N4O3/c1-18-25-26-24(31-18)16-27(2)13-19-7-9-23(10-8-19)30-17-22(29)15-28-12-11-20-5-3-4-6-21(20)14-28/h3-10,22,29H,11-17H2,1-2H3. The van der Waals surface area contributed by atoms with E-state index in [0.717, 1.165) is 31.8 Å². The zero-order valence-corrected chi connectivity index (χ0v) is 18.2. The summed E-state index contributed by atoms with van der Waals surface area (Å²) in [5.41, 5.74) is 3.94. The van der Waals surface area contributed by atoms with Crippen molar-refractivity contribution in [2.45, 2.75) is 39.1 Å². The molecule has 1 aromatic heterocycles. The molecule has 0 amide bonds. The van der Waals surface area contributed by atoms with Gasteiger partial charge in [0.15, 0.2) is 0 Å². The van der Waals surface area contributed by atoms with Crippen LogP contribution < -0.4 is 4.74 Å². The van der Waals surface area contributed by atoms with Crippen LogP contribution in [0.5, 0.6) is 5.75 Å². The largest absolute Gasteiger partial charge is 0.491 e. The van der Waals surface area contributed by atoms with Crippen LogP contribution in [-0.2, 0) is 26.1 Å². The zero-order chi connectivity index (χ0) is 21.6. The molecule has 0 fully saturated rings. The molecule has 0 spiro atoms. The first-order valence-electron chi connectivity index (χ1n) is 10.7. The molecule has 2 heterocycles. The van der Waals surface area contributed by atoms with Crippen LogP contribution in [-0.4, -0.2) is 58.0 Å². The van der Waals surface area contributed by atoms with Gasteiger partial charge in [-0.25, -0.2) is 0 Å². The Morgan fingerprint density at radius 1 is 1.10 bits per heavy atom. The van der Waals surface area contributed by atoms with Crippen molar-refractivity contribution in [1.82, 2.24) is 20.0 Å². The number of fused-ring (bicyclic) bond motifs is 1. The third-order valence-electron chi connectivity index (χ3n) is 5.47. The minimum absolute atomic E-state index is 0.286. The van der Waals surface area contributed by atoms with Crippen LogP contribution in [0, 0.1) is 6.92 Å². The number of β-amino-alcohol motifs (C(OH)–C–C–N with tert-alkyl or cyclic N) is 1. The minimum Gasteiger partial charge on any atom is -0.491 e. The van der Waals surface area contributed by atoms with E-state index in [1.165, 1.54) is 16.7 Å². The van der Waals surface area contributed by atoms with E-state index >= 15 is 0 Å². The Labute approximate surface area is 183 Å². The number of benzene rings is 2. The maximum atomic E-state index is 10.4. The number of aliphatic hydroxyl groups is 1. The second-order valence-electron chi connectivity index (χ2n) is 8.25. The molecule has 0 bridgehead atoms. The van der Waals surface area contributed by atoms with Crippen LogP contribution in [0.15, 0.2) is 52.9 Å². The van der Waals surface area contributed by atoms with Crippen molar-refractivity contribution >= 4 is 0 Å². The van der Waals surface area contributed by atoms with Gasteiger partial charge in [-0.1, -0.05) is 36.4 Å². The Balaban J connectivity index is 1.20. The van der Waals surface area contributed by atoms with Gasteiger partial charge >= 0.3 is 0 Å². The molecule has 31 heavy (non-hydrogen) atoms. The zero-order valence-electron chi connectivity index (χ0n) is 18.2. The highest BCUT2D eigenvalue weighted by Crippen LogP contribution is 2.19. The maximum Gasteiger partial charge on any atom is 0.230 e. The summed E-state index contributed by atoms with van der Waals surface area (Å²) in [5.74, 6) is 1.96. The van der Waals surface area contributed by atoms with Crippen LogP contribution in [0.3, 0.4) is 0 Å². The van der Waals surface area contributed by atoms with Gasteiger partial charge in [0.2, 0.25) is 11.8 Å². The number of hydrogen-bond donors (Lipinski definition) is 1. The summed E-state index contributed by atoms with van der Waals surface area (Å²) in [5, 5.41) is 18.3. The first-order chi connectivity index (χ1) is 15.0. The van der Waals surface area contributed by atoms with E-state index in [2.05, 4.69) is 44.3 Å². The van der Waals surface area contributed by atoms with Gasteiger partial charge in [-0.2, -0.15) is 0 Å². The van der Waals surface area contributed by atoms with E-state index in [1.807, 2.05) is 31.3 Å². The lowest BCUT2D eigenvalue weighted by Crippen LogP contribution is -2.38. The van der Waals surface area contributed by atoms with Crippen LogP contribution in [0.2, 0.25) is 0 Å². The molecule has 1 atom stereocenters. The first-order valence-corrected chi connectivity index (χ1v) is 10.7. The second kappa shape index (κ2) is 10.0. The van der Waals surface area contributed by atoms with Gasteiger partial charge in [-0.3, -0.25) is 9.80 Å². The summed E-state index contributed by atoms with van der Waals surface area (Å²) in [7, 11) is 2.01. The molecule has 1 aliphatic rings. The topological polar surface area (TPSA) is 74.9 Å². The molecule has 0 radical (unpaired) electrons. The van der Waals surface area contributed by atoms with Crippen LogP contribution in [0.4, 0.5) is 0 Å². The Bertz CT molecular complexity index is 973. The van der Waals surface area contributed by atoms with E-state index in [0.29, 0.717) is 24.9 Å². The van der Waals surface area contributed by atoms with Gasteiger partial charge in [-0.05, 0) is 42.3 Å². The first kappa shape index (κ1) is 21.5. The maximum absolute atomic E-state index is 10.4. The van der Waals surface area contributed by atoms with Crippen molar-refractivity contribution in [1.29, 1.82) is 0 Å². The quantitative estimate of drug-likeness (QED) is 0.568. The molecule has 0 saturated carbocycles. The SMILES string of the molecule is Cc1nnc(CN(C)Cc2ccc(OCC(O)CN3CCc4ccccc4C3)cc2)o1. The molecule has 2 aromatic carbocycles. The van der Waals surface area contributed by atoms with Crippen molar-refractivity contribution < 1.29 is 14.3 Å². The van der Waals surface area contributed by atoms with Crippen molar-refractivity contribution in [3.05, 3.63) is 77.0 Å². The second-order valence-corrected chi connectivity index (χ2v) is 8.25. The van der Waals surface area contributed by atoms with E-state index in [-0.39, 0.29) is 6.61 Å². The van der Waals surface area contributed by atoms with Crippen molar-refractivity contribution in [2.75, 3.05) is 26.7 Å². The fraction of sp³-hybridized carbons (Fsp3) is 0.417. The number of hydrogen-bond acceptors (Lipinski definition) is 7. The smallest absolute Gasteiger partial charge is 0.230 e. The lowest BCUT2D eigenvalue weighted by Gasteiger charge is -2.30. The summed E-state index contributed by atoms with van der Waals surface area (Å²) >= 11 is 0. The minimum atomic E-state index is -0.520. The Morgan fingerprint density at radius 3 is 2.61 bits per heavy atom. The molecule has 7 nitrogen and oxygen atoms in total. The molecular formula is C24H30N4O3. The average Bonchev–Trinajstić information content (AvgIpc) is 3.17. The fourth-order valence-electron chi connectivity index (χ4n) is 3.94. The molecule has 1 unspecified atom stereocenters. The molecule has 164 valence electrons.